The van der Waals surface area contributed by atoms with E-state index in [1.807, 2.05) is 0 Å². The highest BCUT2D eigenvalue weighted by molar-refractivity contribution is 6.13. The maximum atomic E-state index is 6.56. The number of nitrogens with zero attached hydrogens (tertiary/aromatic N) is 1. The van der Waals surface area contributed by atoms with E-state index in [0.29, 0.717) is 0 Å². The summed E-state index contributed by atoms with van der Waals surface area (Å²) in [5, 5.41) is 2.20. The van der Waals surface area contributed by atoms with Crippen molar-refractivity contribution in [3.05, 3.63) is 247 Å². The number of benzene rings is 9. The molecule has 1 aliphatic carbocycles. The topological polar surface area (TPSA) is 16.4 Å². The Hall–Kier alpha value is -7.42. The molecule has 1 heterocycles. The van der Waals surface area contributed by atoms with Crippen molar-refractivity contribution in [1.82, 2.24) is 0 Å². The summed E-state index contributed by atoms with van der Waals surface area (Å²) >= 11 is 0. The number of hydrogen-bond donors (Lipinski definition) is 0. The van der Waals surface area contributed by atoms with Gasteiger partial charge in [-0.05, 0) is 98.1 Å². The van der Waals surface area contributed by atoms with E-state index in [-0.39, 0.29) is 0 Å². The lowest BCUT2D eigenvalue weighted by Crippen LogP contribution is -2.30. The average Bonchev–Trinajstić information content (AvgIpc) is 3.82. The van der Waals surface area contributed by atoms with E-state index < -0.39 is 5.41 Å². The van der Waals surface area contributed by atoms with Gasteiger partial charge in [0, 0.05) is 22.1 Å². The Balaban J connectivity index is 1.20. The SMILES string of the molecule is c1ccc(-c2ccc(N(c3ccc4oc5cccc(-c6ccccc6)c5c4c3)c3ccccc3C3(c4ccccc4)c4ccccc4-c4ccccc43)cc2)cc1. The number of anilines is 3. The zero-order valence-corrected chi connectivity index (χ0v) is 31.2. The lowest BCUT2D eigenvalue weighted by molar-refractivity contribution is 0.669. The summed E-state index contributed by atoms with van der Waals surface area (Å²) in [4.78, 5) is 2.45. The minimum absolute atomic E-state index is 0.583. The Morgan fingerprint density at radius 2 is 0.877 bits per heavy atom. The first-order chi connectivity index (χ1) is 28.3. The molecule has 57 heavy (non-hydrogen) atoms. The van der Waals surface area contributed by atoms with Crippen LogP contribution in [-0.2, 0) is 5.41 Å². The molecule has 1 aromatic heterocycles. The second-order valence-electron chi connectivity index (χ2n) is 14.8. The number of hydrogen-bond acceptors (Lipinski definition) is 2. The van der Waals surface area contributed by atoms with Gasteiger partial charge < -0.3 is 9.32 Å². The molecule has 0 unspecified atom stereocenters. The Kier molecular flexibility index (Phi) is 7.75. The summed E-state index contributed by atoms with van der Waals surface area (Å²) < 4.78 is 6.56. The van der Waals surface area contributed by atoms with E-state index in [4.69, 9.17) is 4.42 Å². The molecule has 0 bridgehead atoms. The van der Waals surface area contributed by atoms with Gasteiger partial charge in [-0.3, -0.25) is 0 Å². The van der Waals surface area contributed by atoms with Crippen molar-refractivity contribution in [2.75, 3.05) is 4.90 Å². The normalized spacial score (nSPS) is 12.7. The average molecular weight is 728 g/mol. The van der Waals surface area contributed by atoms with Gasteiger partial charge in [0.15, 0.2) is 0 Å². The van der Waals surface area contributed by atoms with Gasteiger partial charge in [-0.2, -0.15) is 0 Å². The van der Waals surface area contributed by atoms with Crippen molar-refractivity contribution in [2.24, 2.45) is 0 Å². The van der Waals surface area contributed by atoms with Crippen molar-refractivity contribution < 1.29 is 4.42 Å². The predicted octanol–water partition coefficient (Wildman–Crippen LogP) is 14.8. The molecule has 0 spiro atoms. The van der Waals surface area contributed by atoms with Crippen LogP contribution in [0.5, 0.6) is 0 Å². The van der Waals surface area contributed by atoms with Gasteiger partial charge in [-0.1, -0.05) is 182 Å². The van der Waals surface area contributed by atoms with Gasteiger partial charge in [0.05, 0.1) is 11.1 Å². The summed E-state index contributed by atoms with van der Waals surface area (Å²) in [7, 11) is 0. The van der Waals surface area contributed by atoms with Crippen LogP contribution in [0.2, 0.25) is 0 Å². The third kappa shape index (κ3) is 5.18. The Bertz CT molecular complexity index is 3010. The van der Waals surface area contributed by atoms with E-state index >= 15 is 0 Å². The molecule has 11 rings (SSSR count). The molecule has 10 aromatic rings. The summed E-state index contributed by atoms with van der Waals surface area (Å²) in [6.45, 7) is 0. The van der Waals surface area contributed by atoms with E-state index in [0.717, 1.165) is 44.6 Å². The van der Waals surface area contributed by atoms with Crippen molar-refractivity contribution >= 4 is 39.0 Å². The highest BCUT2D eigenvalue weighted by Crippen LogP contribution is 2.58. The van der Waals surface area contributed by atoms with Crippen LogP contribution in [0.25, 0.3) is 55.3 Å². The first-order valence-corrected chi connectivity index (χ1v) is 19.6. The van der Waals surface area contributed by atoms with Gasteiger partial charge in [0.25, 0.3) is 0 Å². The molecule has 9 aromatic carbocycles. The molecule has 2 heteroatoms. The second kappa shape index (κ2) is 13.4. The summed E-state index contributed by atoms with van der Waals surface area (Å²) in [5.74, 6) is 0. The fourth-order valence-electron chi connectivity index (χ4n) is 9.34. The quantitative estimate of drug-likeness (QED) is 0.163. The molecule has 0 amide bonds. The van der Waals surface area contributed by atoms with Gasteiger partial charge in [0.2, 0.25) is 0 Å². The Labute approximate surface area is 332 Å². The van der Waals surface area contributed by atoms with Gasteiger partial charge in [0.1, 0.15) is 11.2 Å². The first-order valence-electron chi connectivity index (χ1n) is 19.6. The molecule has 0 saturated carbocycles. The number of rotatable bonds is 7. The summed E-state index contributed by atoms with van der Waals surface area (Å²) in [6.07, 6.45) is 0. The molecule has 0 fully saturated rings. The monoisotopic (exact) mass is 727 g/mol. The molecule has 0 atom stereocenters. The highest BCUT2D eigenvalue weighted by Gasteiger charge is 2.47. The standard InChI is InChI=1S/C55H37NO/c1-4-17-38(18-5-1)39-31-33-42(34-32-39)56(43-35-36-52-47(37-43)54-44(25-16-30-53(54)57-52)40-19-6-2-7-20-40)51-29-15-14-28-50(51)55(41-21-8-3-9-22-41)48-26-12-10-23-45(48)46-24-11-13-27-49(46)55/h1-37H. The van der Waals surface area contributed by atoms with Gasteiger partial charge in [-0.15, -0.1) is 0 Å². The van der Waals surface area contributed by atoms with Crippen molar-refractivity contribution in [3.63, 3.8) is 0 Å². The van der Waals surface area contributed by atoms with Crippen LogP contribution >= 0.6 is 0 Å². The summed E-state index contributed by atoms with van der Waals surface area (Å²) in [5.41, 5.74) is 16.6. The highest BCUT2D eigenvalue weighted by atomic mass is 16.3. The maximum Gasteiger partial charge on any atom is 0.136 e. The fraction of sp³-hybridized carbons (Fsp3) is 0.0182. The Morgan fingerprint density at radius 1 is 0.351 bits per heavy atom. The van der Waals surface area contributed by atoms with Crippen molar-refractivity contribution in [2.45, 2.75) is 5.41 Å². The maximum absolute atomic E-state index is 6.56. The molecule has 1 aliphatic rings. The van der Waals surface area contributed by atoms with Gasteiger partial charge >= 0.3 is 0 Å². The molecule has 0 N–H and O–H groups in total. The van der Waals surface area contributed by atoms with Crippen LogP contribution in [-0.4, -0.2) is 0 Å². The van der Waals surface area contributed by atoms with Crippen LogP contribution in [0.15, 0.2) is 229 Å². The minimum Gasteiger partial charge on any atom is -0.456 e. The molecule has 268 valence electrons. The molecule has 0 radical (unpaired) electrons. The third-order valence-corrected chi connectivity index (χ3v) is 11.8. The summed E-state index contributed by atoms with van der Waals surface area (Å²) in [6, 6.07) is 81.2. The second-order valence-corrected chi connectivity index (χ2v) is 14.8. The van der Waals surface area contributed by atoms with Crippen LogP contribution in [0.1, 0.15) is 22.3 Å². The van der Waals surface area contributed by atoms with Gasteiger partial charge in [-0.25, -0.2) is 0 Å². The predicted molar refractivity (Wildman–Crippen MR) is 237 cm³/mol. The van der Waals surface area contributed by atoms with Crippen molar-refractivity contribution in [3.8, 4) is 33.4 Å². The number of fused-ring (bicyclic) bond motifs is 6. The third-order valence-electron chi connectivity index (χ3n) is 11.8. The van der Waals surface area contributed by atoms with Crippen molar-refractivity contribution in [1.29, 1.82) is 0 Å². The lowest BCUT2D eigenvalue weighted by atomic mass is 9.67. The van der Waals surface area contributed by atoms with E-state index in [1.165, 1.54) is 50.1 Å². The minimum atomic E-state index is -0.583. The Morgan fingerprint density at radius 3 is 1.56 bits per heavy atom. The molecular formula is C55H37NO. The number of para-hydroxylation sites is 1. The molecule has 0 aliphatic heterocycles. The van der Waals surface area contributed by atoms with Crippen LogP contribution in [0.3, 0.4) is 0 Å². The van der Waals surface area contributed by atoms with Crippen LogP contribution < -0.4 is 4.90 Å². The lowest BCUT2D eigenvalue weighted by Gasteiger charge is -2.38. The molecular weight excluding hydrogens is 691 g/mol. The zero-order valence-electron chi connectivity index (χ0n) is 31.2. The smallest absolute Gasteiger partial charge is 0.136 e. The fourth-order valence-corrected chi connectivity index (χ4v) is 9.34. The zero-order chi connectivity index (χ0) is 37.8. The first kappa shape index (κ1) is 33.0. The molecule has 0 saturated heterocycles. The van der Waals surface area contributed by atoms with E-state index in [1.54, 1.807) is 0 Å². The molecule has 2 nitrogen and oxygen atoms in total. The van der Waals surface area contributed by atoms with Crippen LogP contribution in [0.4, 0.5) is 17.1 Å². The van der Waals surface area contributed by atoms with Crippen LogP contribution in [0, 0.1) is 0 Å². The largest absolute Gasteiger partial charge is 0.456 e. The number of furan rings is 1. The van der Waals surface area contributed by atoms with E-state index in [2.05, 4.69) is 229 Å². The van der Waals surface area contributed by atoms with E-state index in [9.17, 15) is 0 Å².